The number of aryl methyl sites for hydroxylation is 2. The van der Waals surface area contributed by atoms with Gasteiger partial charge in [-0.3, -0.25) is 4.40 Å². The molecule has 4 heterocycles. The highest BCUT2D eigenvalue weighted by atomic mass is 16.2. The van der Waals surface area contributed by atoms with Crippen LogP contribution in [0.15, 0.2) is 47.7 Å². The van der Waals surface area contributed by atoms with Crippen molar-refractivity contribution < 1.29 is 0 Å². The molecule has 1 saturated heterocycles. The minimum absolute atomic E-state index is 0.193. The van der Waals surface area contributed by atoms with Crippen molar-refractivity contribution in [2.75, 3.05) is 23.7 Å². The smallest absolute Gasteiger partial charge is 0.356 e. The van der Waals surface area contributed by atoms with Gasteiger partial charge in [0.2, 0.25) is 0 Å². The fourth-order valence-electron chi connectivity index (χ4n) is 3.95. The summed E-state index contributed by atoms with van der Waals surface area (Å²) in [4.78, 5) is 23.8. The number of benzene rings is 1. The van der Waals surface area contributed by atoms with E-state index in [9.17, 15) is 4.79 Å². The van der Waals surface area contributed by atoms with Crippen molar-refractivity contribution in [3.8, 4) is 17.1 Å². The van der Waals surface area contributed by atoms with Crippen molar-refractivity contribution in [2.45, 2.75) is 20.3 Å². The molecule has 4 aromatic rings. The number of nitrogens with zero attached hydrogens (tertiary/aromatic N) is 6. The van der Waals surface area contributed by atoms with Crippen LogP contribution in [0.5, 0.6) is 0 Å². The zero-order chi connectivity index (χ0) is 20.1. The van der Waals surface area contributed by atoms with Crippen molar-refractivity contribution in [3.63, 3.8) is 0 Å². The third-order valence-corrected chi connectivity index (χ3v) is 5.57. The zero-order valence-electron chi connectivity index (χ0n) is 16.3. The summed E-state index contributed by atoms with van der Waals surface area (Å²) in [5, 5.41) is 4.29. The summed E-state index contributed by atoms with van der Waals surface area (Å²) >= 11 is 0. The molecular formula is C21H21N7O. The maximum Gasteiger partial charge on any atom is 0.356 e. The van der Waals surface area contributed by atoms with E-state index in [2.05, 4.69) is 44.2 Å². The second kappa shape index (κ2) is 6.44. The summed E-state index contributed by atoms with van der Waals surface area (Å²) in [5.74, 6) is 0.193. The van der Waals surface area contributed by atoms with Crippen molar-refractivity contribution in [1.82, 2.24) is 24.1 Å². The number of hydrogen-bond donors (Lipinski definition) is 1. The lowest BCUT2D eigenvalue weighted by atomic mass is 10.0. The molecule has 2 N–H and O–H groups in total. The minimum atomic E-state index is -0.307. The fourth-order valence-corrected chi connectivity index (χ4v) is 3.95. The normalized spacial score (nSPS) is 13.7. The van der Waals surface area contributed by atoms with Gasteiger partial charge in [0, 0.05) is 30.0 Å². The van der Waals surface area contributed by atoms with Gasteiger partial charge in [0.15, 0.2) is 0 Å². The van der Waals surface area contributed by atoms with Gasteiger partial charge in [-0.05, 0) is 43.5 Å². The Labute approximate surface area is 167 Å². The van der Waals surface area contributed by atoms with Crippen molar-refractivity contribution in [1.29, 1.82) is 0 Å². The average molecular weight is 387 g/mol. The topological polar surface area (TPSA) is 94.3 Å². The molecule has 0 spiro atoms. The van der Waals surface area contributed by atoms with Crippen molar-refractivity contribution in [2.24, 2.45) is 0 Å². The molecule has 0 unspecified atom stereocenters. The Balaban J connectivity index is 1.69. The Kier molecular flexibility index (Phi) is 3.87. The maximum absolute atomic E-state index is 13.2. The molecule has 146 valence electrons. The Bertz CT molecular complexity index is 1280. The Morgan fingerprint density at radius 2 is 1.83 bits per heavy atom. The van der Waals surface area contributed by atoms with E-state index in [1.54, 1.807) is 10.6 Å². The van der Waals surface area contributed by atoms with Crippen LogP contribution in [0.4, 0.5) is 11.4 Å². The third-order valence-electron chi connectivity index (χ3n) is 5.57. The summed E-state index contributed by atoms with van der Waals surface area (Å²) in [7, 11) is 0. The van der Waals surface area contributed by atoms with E-state index in [0.29, 0.717) is 5.69 Å². The van der Waals surface area contributed by atoms with E-state index in [4.69, 9.17) is 5.73 Å². The van der Waals surface area contributed by atoms with E-state index in [0.717, 1.165) is 41.0 Å². The molecule has 0 saturated carbocycles. The van der Waals surface area contributed by atoms with Crippen LogP contribution in [0.3, 0.4) is 0 Å². The molecule has 0 radical (unpaired) electrons. The largest absolute Gasteiger partial charge is 0.396 e. The molecule has 1 aliphatic rings. The number of fused-ring (bicyclic) bond motifs is 1. The first-order valence-corrected chi connectivity index (χ1v) is 9.58. The molecule has 1 aliphatic heterocycles. The highest BCUT2D eigenvalue weighted by Gasteiger charge is 2.20. The molecule has 0 aliphatic carbocycles. The van der Waals surface area contributed by atoms with Crippen LogP contribution in [0, 0.1) is 13.8 Å². The van der Waals surface area contributed by atoms with Crippen LogP contribution in [-0.2, 0) is 0 Å². The lowest BCUT2D eigenvalue weighted by Gasteiger charge is -2.33. The van der Waals surface area contributed by atoms with Gasteiger partial charge in [-0.15, -0.1) is 4.68 Å². The first kappa shape index (κ1) is 17.4. The quantitative estimate of drug-likeness (QED) is 0.580. The molecule has 0 atom stereocenters. The van der Waals surface area contributed by atoms with Crippen LogP contribution < -0.4 is 16.3 Å². The highest BCUT2D eigenvalue weighted by Crippen LogP contribution is 2.34. The fraction of sp³-hybridized carbons (Fsp3) is 0.238. The number of hydrogen-bond acceptors (Lipinski definition) is 6. The second-order valence-corrected chi connectivity index (χ2v) is 7.35. The van der Waals surface area contributed by atoms with Crippen LogP contribution in [-0.4, -0.2) is 37.2 Å². The first-order chi connectivity index (χ1) is 14.0. The summed E-state index contributed by atoms with van der Waals surface area (Å²) in [6, 6.07) is 8.50. The number of nitrogen functional groups attached to an aromatic ring is 1. The standard InChI is InChI=1S/C21H21N7O/c1-13-18-12-25-28(20-23-10-16(22)11-24-20)21(29)27(18)14(2)19(13)15-5-3-6-17(9-15)26-7-4-8-26/h3,5-6,9-12H,4,7-8,22H2,1-2H3. The van der Waals surface area contributed by atoms with Gasteiger partial charge in [-0.2, -0.15) is 5.10 Å². The number of anilines is 2. The first-order valence-electron chi connectivity index (χ1n) is 9.58. The van der Waals surface area contributed by atoms with Crippen molar-refractivity contribution >= 4 is 16.9 Å². The molecule has 1 fully saturated rings. The monoisotopic (exact) mass is 387 g/mol. The molecule has 29 heavy (non-hydrogen) atoms. The third kappa shape index (κ3) is 2.67. The second-order valence-electron chi connectivity index (χ2n) is 7.35. The predicted molar refractivity (Wildman–Crippen MR) is 113 cm³/mol. The van der Waals surface area contributed by atoms with E-state index in [-0.39, 0.29) is 11.6 Å². The van der Waals surface area contributed by atoms with E-state index < -0.39 is 0 Å². The van der Waals surface area contributed by atoms with E-state index in [1.165, 1.54) is 29.2 Å². The minimum Gasteiger partial charge on any atom is -0.396 e. The molecule has 5 rings (SSSR count). The summed E-state index contributed by atoms with van der Waals surface area (Å²) in [6.45, 7) is 6.17. The highest BCUT2D eigenvalue weighted by molar-refractivity contribution is 5.80. The van der Waals surface area contributed by atoms with E-state index in [1.807, 2.05) is 13.8 Å². The van der Waals surface area contributed by atoms with Gasteiger partial charge >= 0.3 is 5.69 Å². The Hall–Kier alpha value is -3.68. The van der Waals surface area contributed by atoms with Gasteiger partial charge in [-0.1, -0.05) is 12.1 Å². The van der Waals surface area contributed by atoms with Crippen LogP contribution in [0.2, 0.25) is 0 Å². The number of aromatic nitrogens is 5. The molecular weight excluding hydrogens is 366 g/mol. The summed E-state index contributed by atoms with van der Waals surface area (Å²) < 4.78 is 2.87. The van der Waals surface area contributed by atoms with Crippen LogP contribution in [0.1, 0.15) is 17.7 Å². The van der Waals surface area contributed by atoms with Crippen LogP contribution >= 0.6 is 0 Å². The average Bonchev–Trinajstić information content (AvgIpc) is 2.93. The van der Waals surface area contributed by atoms with Gasteiger partial charge in [0.25, 0.3) is 5.95 Å². The van der Waals surface area contributed by atoms with Gasteiger partial charge in [0.05, 0.1) is 29.8 Å². The van der Waals surface area contributed by atoms with Crippen molar-refractivity contribution in [3.05, 3.63) is 64.6 Å². The van der Waals surface area contributed by atoms with E-state index >= 15 is 0 Å². The lowest BCUT2D eigenvalue weighted by molar-refractivity contribution is 0.618. The number of nitrogens with two attached hydrogens (primary N) is 1. The summed E-state index contributed by atoms with van der Waals surface area (Å²) in [5.41, 5.74) is 11.8. The molecule has 0 amide bonds. The molecule has 8 nitrogen and oxygen atoms in total. The lowest BCUT2D eigenvalue weighted by Crippen LogP contribution is -2.36. The van der Waals surface area contributed by atoms with Gasteiger partial charge in [0.1, 0.15) is 0 Å². The molecule has 8 heteroatoms. The molecule has 0 bridgehead atoms. The maximum atomic E-state index is 13.2. The number of rotatable bonds is 3. The summed E-state index contributed by atoms with van der Waals surface area (Å²) in [6.07, 6.45) is 5.84. The SMILES string of the molecule is Cc1c(-c2cccc(N3CCC3)c2)c(C)n2c(=O)n(-c3ncc(N)cn3)ncc12. The Morgan fingerprint density at radius 1 is 1.07 bits per heavy atom. The zero-order valence-corrected chi connectivity index (χ0v) is 16.3. The van der Waals surface area contributed by atoms with Gasteiger partial charge in [-0.25, -0.2) is 14.8 Å². The van der Waals surface area contributed by atoms with Gasteiger partial charge < -0.3 is 10.6 Å². The molecule has 3 aromatic heterocycles. The van der Waals surface area contributed by atoms with Crippen LogP contribution in [0.25, 0.3) is 22.6 Å². The molecule has 1 aromatic carbocycles. The Morgan fingerprint density at radius 3 is 2.52 bits per heavy atom. The predicted octanol–water partition coefficient (Wildman–Crippen LogP) is 2.35.